The molecule has 0 bridgehead atoms. The molecule has 4 rings (SSSR count). The molecule has 2 heterocycles. The molecule has 1 amide bonds. The number of aryl methyl sites for hydroxylation is 1. The number of nitrogens with one attached hydrogen (secondary N) is 2. The number of benzene rings is 1. The lowest BCUT2D eigenvalue weighted by atomic mass is 10.0. The second kappa shape index (κ2) is 6.93. The van der Waals surface area contributed by atoms with Crippen LogP contribution in [0.25, 0.3) is 0 Å². The monoisotopic (exact) mass is 484 g/mol. The van der Waals surface area contributed by atoms with Crippen LogP contribution in [0.3, 0.4) is 0 Å². The maximum absolute atomic E-state index is 12.9. The molecule has 1 aliphatic carbocycles. The number of halogens is 2. The van der Waals surface area contributed by atoms with Gasteiger partial charge in [-0.15, -0.1) is 11.3 Å². The Bertz CT molecular complexity index is 850. The quantitative estimate of drug-likeness (QED) is 0.559. The molecule has 2 N–H and O–H groups in total. The summed E-state index contributed by atoms with van der Waals surface area (Å²) in [6, 6.07) is 3.91. The number of amides is 1. The first-order valence-electron chi connectivity index (χ1n) is 8.33. The molecule has 2 aliphatic rings. The Morgan fingerprint density at radius 2 is 1.96 bits per heavy atom. The lowest BCUT2D eigenvalue weighted by molar-refractivity contribution is 0.0935. The Hall–Kier alpha value is -1.05. The van der Waals surface area contributed by atoms with E-state index < -0.39 is 0 Å². The van der Waals surface area contributed by atoms with E-state index in [4.69, 9.17) is 4.74 Å². The lowest BCUT2D eigenvalue weighted by Crippen LogP contribution is -2.38. The molecular formula is C18H18Br2N2O2S. The minimum atomic E-state index is -0.314. The third-order valence-electron chi connectivity index (χ3n) is 4.75. The average Bonchev–Trinajstić information content (AvgIpc) is 2.76. The van der Waals surface area contributed by atoms with Crippen LogP contribution < -0.4 is 15.4 Å². The van der Waals surface area contributed by atoms with Crippen LogP contribution in [0.1, 0.15) is 51.8 Å². The van der Waals surface area contributed by atoms with E-state index in [1.54, 1.807) is 18.4 Å². The Balaban J connectivity index is 1.75. The van der Waals surface area contributed by atoms with Gasteiger partial charge in [-0.1, -0.05) is 22.4 Å². The largest absolute Gasteiger partial charge is 0.495 e. The van der Waals surface area contributed by atoms with Crippen LogP contribution in [0.2, 0.25) is 0 Å². The van der Waals surface area contributed by atoms with Crippen LogP contribution in [0.15, 0.2) is 21.1 Å². The summed E-state index contributed by atoms with van der Waals surface area (Å²) in [5, 5.41) is 7.61. The minimum Gasteiger partial charge on any atom is -0.495 e. The van der Waals surface area contributed by atoms with Gasteiger partial charge in [0.1, 0.15) is 16.9 Å². The summed E-state index contributed by atoms with van der Waals surface area (Å²) in [6.45, 7) is 0. The van der Waals surface area contributed by atoms with E-state index in [1.807, 2.05) is 12.1 Å². The lowest BCUT2D eigenvalue weighted by Gasteiger charge is -2.28. The van der Waals surface area contributed by atoms with Gasteiger partial charge in [-0.3, -0.25) is 4.79 Å². The van der Waals surface area contributed by atoms with E-state index in [9.17, 15) is 4.79 Å². The number of hydrogen-bond donors (Lipinski definition) is 2. The summed E-state index contributed by atoms with van der Waals surface area (Å²) in [7, 11) is 1.64. The zero-order chi connectivity index (χ0) is 17.6. The molecular weight excluding hydrogens is 468 g/mol. The van der Waals surface area contributed by atoms with Crippen LogP contribution in [0.5, 0.6) is 5.75 Å². The van der Waals surface area contributed by atoms with E-state index >= 15 is 0 Å². The van der Waals surface area contributed by atoms with Crippen molar-refractivity contribution < 1.29 is 9.53 Å². The second-order valence-electron chi connectivity index (χ2n) is 6.33. The third kappa shape index (κ3) is 3.11. The van der Waals surface area contributed by atoms with Crippen molar-refractivity contribution in [2.75, 3.05) is 12.4 Å². The van der Waals surface area contributed by atoms with Gasteiger partial charge in [-0.25, -0.2) is 0 Å². The van der Waals surface area contributed by atoms with Crippen molar-refractivity contribution in [2.24, 2.45) is 0 Å². The molecule has 0 radical (unpaired) electrons. The molecule has 4 nitrogen and oxygen atoms in total. The van der Waals surface area contributed by atoms with Gasteiger partial charge in [0.25, 0.3) is 5.91 Å². The number of methoxy groups -OCH3 is 1. The number of ether oxygens (including phenoxy) is 1. The van der Waals surface area contributed by atoms with Crippen LogP contribution in [-0.4, -0.2) is 13.0 Å². The number of fused-ring (bicyclic) bond motifs is 3. The van der Waals surface area contributed by atoms with Gasteiger partial charge in [-0.05, 0) is 59.3 Å². The molecule has 1 atom stereocenters. The maximum atomic E-state index is 12.9. The molecule has 0 fully saturated rings. The highest BCUT2D eigenvalue weighted by atomic mass is 79.9. The van der Waals surface area contributed by atoms with Crippen molar-refractivity contribution in [1.82, 2.24) is 5.32 Å². The zero-order valence-electron chi connectivity index (χ0n) is 13.7. The van der Waals surface area contributed by atoms with E-state index in [-0.39, 0.29) is 12.1 Å². The van der Waals surface area contributed by atoms with Crippen LogP contribution >= 0.6 is 43.2 Å². The predicted molar refractivity (Wildman–Crippen MR) is 108 cm³/mol. The summed E-state index contributed by atoms with van der Waals surface area (Å²) >= 11 is 8.79. The maximum Gasteiger partial charge on any atom is 0.256 e. The van der Waals surface area contributed by atoms with Crippen molar-refractivity contribution in [3.8, 4) is 5.75 Å². The molecule has 7 heteroatoms. The Morgan fingerprint density at radius 1 is 1.16 bits per heavy atom. The summed E-state index contributed by atoms with van der Waals surface area (Å²) < 4.78 is 7.33. The smallest absolute Gasteiger partial charge is 0.256 e. The molecule has 1 unspecified atom stereocenters. The van der Waals surface area contributed by atoms with E-state index in [0.717, 1.165) is 43.7 Å². The number of anilines is 1. The summed E-state index contributed by atoms with van der Waals surface area (Å²) in [6.07, 6.45) is 5.40. The molecule has 0 saturated carbocycles. The van der Waals surface area contributed by atoms with Crippen molar-refractivity contribution in [3.05, 3.63) is 42.6 Å². The fourth-order valence-corrected chi connectivity index (χ4v) is 6.36. The van der Waals surface area contributed by atoms with Crippen LogP contribution in [0.4, 0.5) is 5.00 Å². The van der Waals surface area contributed by atoms with Crippen molar-refractivity contribution >= 4 is 54.1 Å². The number of hydrogen-bond acceptors (Lipinski definition) is 4. The standard InChI is InChI=1S/C18H18Br2N2O2S/c1-24-15-11(7-9(19)8-12(15)20)16-21-17(23)14-10-5-3-2-4-6-13(10)25-18(14)22-16/h7-8,16,22H,2-6H2,1H3,(H,21,23). The van der Waals surface area contributed by atoms with E-state index in [2.05, 4.69) is 42.5 Å². The van der Waals surface area contributed by atoms with Gasteiger partial charge in [-0.2, -0.15) is 0 Å². The first kappa shape index (κ1) is 17.4. The molecule has 1 aromatic carbocycles. The van der Waals surface area contributed by atoms with Crippen LogP contribution in [-0.2, 0) is 12.8 Å². The SMILES string of the molecule is COc1c(Br)cc(Br)cc1C1NC(=O)c2c(sc3c2CCCCC3)N1. The predicted octanol–water partition coefficient (Wildman–Crippen LogP) is 5.40. The number of thiophene rings is 1. The number of carbonyl (C=O) groups is 1. The molecule has 2 aromatic rings. The van der Waals surface area contributed by atoms with E-state index in [1.165, 1.54) is 29.7 Å². The van der Waals surface area contributed by atoms with E-state index in [0.29, 0.717) is 0 Å². The zero-order valence-corrected chi connectivity index (χ0v) is 17.7. The van der Waals surface area contributed by atoms with Gasteiger partial charge in [0.15, 0.2) is 0 Å². The van der Waals surface area contributed by atoms with Gasteiger partial charge in [0, 0.05) is 14.9 Å². The first-order valence-corrected chi connectivity index (χ1v) is 10.7. The topological polar surface area (TPSA) is 50.4 Å². The highest BCUT2D eigenvalue weighted by molar-refractivity contribution is 9.11. The van der Waals surface area contributed by atoms with Crippen molar-refractivity contribution in [1.29, 1.82) is 0 Å². The summed E-state index contributed by atoms with van der Waals surface area (Å²) in [5.74, 6) is 0.735. The van der Waals surface area contributed by atoms with Gasteiger partial charge in [0.05, 0.1) is 17.1 Å². The molecule has 25 heavy (non-hydrogen) atoms. The first-order chi connectivity index (χ1) is 12.1. The number of carbonyl (C=O) groups excluding carboxylic acids is 1. The summed E-state index contributed by atoms with van der Waals surface area (Å²) in [5.41, 5.74) is 3.00. The minimum absolute atomic E-state index is 0.0105. The summed E-state index contributed by atoms with van der Waals surface area (Å²) in [4.78, 5) is 14.2. The van der Waals surface area contributed by atoms with Gasteiger partial charge in [0.2, 0.25) is 0 Å². The fourth-order valence-electron chi connectivity index (χ4n) is 3.62. The van der Waals surface area contributed by atoms with Gasteiger partial charge < -0.3 is 15.4 Å². The van der Waals surface area contributed by atoms with Crippen LogP contribution in [0, 0.1) is 0 Å². The highest BCUT2D eigenvalue weighted by Crippen LogP contribution is 2.43. The van der Waals surface area contributed by atoms with Gasteiger partial charge >= 0.3 is 0 Å². The Kier molecular flexibility index (Phi) is 4.81. The molecule has 0 saturated heterocycles. The van der Waals surface area contributed by atoms with Crippen molar-refractivity contribution in [3.63, 3.8) is 0 Å². The highest BCUT2D eigenvalue weighted by Gasteiger charge is 2.33. The molecule has 0 spiro atoms. The second-order valence-corrected chi connectivity index (χ2v) is 9.20. The Morgan fingerprint density at radius 3 is 2.76 bits per heavy atom. The third-order valence-corrected chi connectivity index (χ3v) is 7.02. The normalized spacial score (nSPS) is 19.3. The fraction of sp³-hybridized carbons (Fsp3) is 0.389. The molecule has 1 aromatic heterocycles. The molecule has 132 valence electrons. The average molecular weight is 486 g/mol. The Labute approximate surface area is 167 Å². The number of rotatable bonds is 2. The van der Waals surface area contributed by atoms with Crippen molar-refractivity contribution in [2.45, 2.75) is 38.3 Å². The molecule has 1 aliphatic heterocycles.